The average Bonchev–Trinajstić information content (AvgIpc) is 2.10. The summed E-state index contributed by atoms with van der Waals surface area (Å²) in [5.41, 5.74) is 0. The first-order valence-electron chi connectivity index (χ1n) is 4.82. The second-order valence-electron chi connectivity index (χ2n) is 3.19. The fourth-order valence-electron chi connectivity index (χ4n) is 0.949. The summed E-state index contributed by atoms with van der Waals surface area (Å²) in [5, 5.41) is 10.3. The minimum atomic E-state index is -1.46. The van der Waals surface area contributed by atoms with Gasteiger partial charge in [0.1, 0.15) is 0 Å². The molecule has 0 aromatic carbocycles. The van der Waals surface area contributed by atoms with Crippen molar-refractivity contribution in [2.45, 2.75) is 32.8 Å². The predicted molar refractivity (Wildman–Crippen MR) is 49.9 cm³/mol. The highest BCUT2D eigenvalue weighted by Crippen LogP contribution is 2.10. The van der Waals surface area contributed by atoms with Gasteiger partial charge in [-0.25, -0.2) is 5.06 Å². The molecule has 0 spiro atoms. The molecular weight excluding hydrogens is 170 g/mol. The number of amides is 1. The van der Waals surface area contributed by atoms with Gasteiger partial charge in [-0.15, -0.1) is 0 Å². The maximum absolute atomic E-state index is 11.4. The predicted octanol–water partition coefficient (Wildman–Crippen LogP) is 0.803. The van der Waals surface area contributed by atoms with Crippen LogP contribution in [0.2, 0.25) is 0 Å². The van der Waals surface area contributed by atoms with Crippen molar-refractivity contribution in [3.63, 3.8) is 0 Å². The van der Waals surface area contributed by atoms with Crippen molar-refractivity contribution in [3.8, 4) is 0 Å². The average molecular weight is 190 g/mol. The van der Waals surface area contributed by atoms with E-state index in [9.17, 15) is 4.79 Å². The third-order valence-corrected chi connectivity index (χ3v) is 1.94. The Labute approximate surface area is 80.8 Å². The summed E-state index contributed by atoms with van der Waals surface area (Å²) in [6, 6.07) is 0. The quantitative estimate of drug-likeness (QED) is 0.652. The molecule has 0 radical (unpaired) electrons. The van der Waals surface area contributed by atoms with Crippen molar-refractivity contribution in [2.75, 3.05) is 14.2 Å². The third-order valence-electron chi connectivity index (χ3n) is 1.94. The number of carbonyl (C=O) groups is 1. The molecule has 0 saturated heterocycles. The smallest absolute Gasteiger partial charge is 0.248 e. The first kappa shape index (κ1) is 10.5. The molecule has 0 saturated carbocycles. The van der Waals surface area contributed by atoms with E-state index in [0.29, 0.717) is 6.42 Å². The molecule has 78 valence electrons. The summed E-state index contributed by atoms with van der Waals surface area (Å²) in [6.07, 6.45) is -0.708. The van der Waals surface area contributed by atoms with Crippen molar-refractivity contribution in [1.82, 2.24) is 5.06 Å². The van der Waals surface area contributed by atoms with E-state index in [4.69, 9.17) is 11.3 Å². The van der Waals surface area contributed by atoms with Gasteiger partial charge in [0.05, 0.1) is 14.6 Å². The lowest BCUT2D eigenvalue weighted by molar-refractivity contribution is -0.173. The van der Waals surface area contributed by atoms with E-state index in [1.807, 2.05) is 0 Å². The minimum absolute atomic E-state index is 0.142. The molecule has 13 heavy (non-hydrogen) atoms. The minimum Gasteiger partial charge on any atom is -0.393 e. The molecule has 0 aliphatic rings. The SMILES string of the molecule is [2H]C(C)(O)CCC(C)C(=O)N(C)OC. The molecule has 0 aliphatic carbocycles. The summed E-state index contributed by atoms with van der Waals surface area (Å²) in [6.45, 7) is 3.16. The lowest BCUT2D eigenvalue weighted by Gasteiger charge is -2.18. The van der Waals surface area contributed by atoms with E-state index < -0.39 is 6.08 Å². The number of hydroxylamine groups is 2. The Morgan fingerprint density at radius 3 is 2.54 bits per heavy atom. The van der Waals surface area contributed by atoms with E-state index in [-0.39, 0.29) is 18.2 Å². The molecule has 1 N–H and O–H groups in total. The lowest BCUT2D eigenvalue weighted by atomic mass is 10.0. The van der Waals surface area contributed by atoms with Crippen LogP contribution >= 0.6 is 0 Å². The number of hydrogen-bond acceptors (Lipinski definition) is 3. The molecule has 4 heteroatoms. The van der Waals surface area contributed by atoms with E-state index in [0.717, 1.165) is 5.06 Å². The largest absolute Gasteiger partial charge is 0.393 e. The molecular formula is C9H19NO3. The van der Waals surface area contributed by atoms with Gasteiger partial charge in [-0.05, 0) is 19.8 Å². The number of hydrogen-bond donors (Lipinski definition) is 1. The highest BCUT2D eigenvalue weighted by atomic mass is 16.7. The Balaban J connectivity index is 3.97. The van der Waals surface area contributed by atoms with Crippen molar-refractivity contribution < 1.29 is 16.1 Å². The van der Waals surface area contributed by atoms with Crippen molar-refractivity contribution in [2.24, 2.45) is 5.92 Å². The molecule has 0 aliphatic heterocycles. The van der Waals surface area contributed by atoms with Gasteiger partial charge in [0, 0.05) is 13.0 Å². The number of aliphatic hydroxyl groups is 1. The fraction of sp³-hybridized carbons (Fsp3) is 0.889. The number of nitrogens with zero attached hydrogens (tertiary/aromatic N) is 1. The zero-order chi connectivity index (χ0) is 11.4. The summed E-state index contributed by atoms with van der Waals surface area (Å²) >= 11 is 0. The highest BCUT2D eigenvalue weighted by Gasteiger charge is 2.17. The summed E-state index contributed by atoms with van der Waals surface area (Å²) < 4.78 is 7.22. The van der Waals surface area contributed by atoms with E-state index in [1.54, 1.807) is 6.92 Å². The Bertz CT molecular complexity index is 191. The van der Waals surface area contributed by atoms with Crippen LogP contribution in [0.1, 0.15) is 28.1 Å². The van der Waals surface area contributed by atoms with E-state index in [1.165, 1.54) is 21.1 Å². The summed E-state index contributed by atoms with van der Waals surface area (Å²) in [5.74, 6) is -0.381. The zero-order valence-electron chi connectivity index (χ0n) is 9.70. The molecule has 0 aromatic rings. The van der Waals surface area contributed by atoms with E-state index >= 15 is 0 Å². The van der Waals surface area contributed by atoms with Crippen LogP contribution in [0, 0.1) is 5.92 Å². The maximum Gasteiger partial charge on any atom is 0.248 e. The molecule has 2 unspecified atom stereocenters. The number of rotatable bonds is 5. The standard InChI is InChI=1S/C9H19NO3/c1-7(5-6-8(2)11)9(12)10(3)13-4/h7-8,11H,5-6H2,1-4H3/i8D. The normalized spacial score (nSPS) is 18.7. The Morgan fingerprint density at radius 1 is 1.62 bits per heavy atom. The summed E-state index contributed by atoms with van der Waals surface area (Å²) in [4.78, 5) is 16.2. The molecule has 0 rings (SSSR count). The van der Waals surface area contributed by atoms with Crippen LogP contribution in [0.3, 0.4) is 0 Å². The summed E-state index contributed by atoms with van der Waals surface area (Å²) in [7, 11) is 2.96. The van der Waals surface area contributed by atoms with Crippen LogP contribution < -0.4 is 0 Å². The highest BCUT2D eigenvalue weighted by molar-refractivity contribution is 5.77. The van der Waals surface area contributed by atoms with Gasteiger partial charge in [0.25, 0.3) is 0 Å². The first-order valence-corrected chi connectivity index (χ1v) is 4.32. The van der Waals surface area contributed by atoms with Crippen LogP contribution in [-0.4, -0.2) is 36.3 Å². The van der Waals surface area contributed by atoms with Gasteiger partial charge in [-0.2, -0.15) is 0 Å². The monoisotopic (exact) mass is 190 g/mol. The van der Waals surface area contributed by atoms with Crippen molar-refractivity contribution in [3.05, 3.63) is 0 Å². The Morgan fingerprint density at radius 2 is 2.15 bits per heavy atom. The van der Waals surface area contributed by atoms with Gasteiger partial charge in [0.2, 0.25) is 5.91 Å². The zero-order valence-corrected chi connectivity index (χ0v) is 8.70. The molecule has 2 atom stereocenters. The van der Waals surface area contributed by atoms with E-state index in [2.05, 4.69) is 0 Å². The van der Waals surface area contributed by atoms with Crippen LogP contribution in [-0.2, 0) is 9.63 Å². The molecule has 0 aromatic heterocycles. The van der Waals surface area contributed by atoms with Gasteiger partial charge >= 0.3 is 0 Å². The van der Waals surface area contributed by atoms with Crippen LogP contribution in [0.15, 0.2) is 0 Å². The maximum atomic E-state index is 11.4. The number of carbonyl (C=O) groups excluding carboxylic acids is 1. The van der Waals surface area contributed by atoms with Gasteiger partial charge in [-0.1, -0.05) is 6.92 Å². The second-order valence-corrected chi connectivity index (χ2v) is 3.19. The molecule has 0 bridgehead atoms. The second kappa shape index (κ2) is 5.94. The van der Waals surface area contributed by atoms with Crippen LogP contribution in [0.4, 0.5) is 0 Å². The van der Waals surface area contributed by atoms with Gasteiger partial charge in [0.15, 0.2) is 0 Å². The van der Waals surface area contributed by atoms with Crippen LogP contribution in [0.25, 0.3) is 0 Å². The topological polar surface area (TPSA) is 49.8 Å². The molecule has 4 nitrogen and oxygen atoms in total. The molecule has 1 amide bonds. The fourth-order valence-corrected chi connectivity index (χ4v) is 0.949. The Kier molecular flexibility index (Phi) is 4.78. The molecule has 0 fully saturated rings. The van der Waals surface area contributed by atoms with Crippen molar-refractivity contribution >= 4 is 5.91 Å². The van der Waals surface area contributed by atoms with Crippen molar-refractivity contribution in [1.29, 1.82) is 0 Å². The third kappa shape index (κ3) is 4.85. The first-order chi connectivity index (χ1) is 6.28. The van der Waals surface area contributed by atoms with Gasteiger partial charge < -0.3 is 5.11 Å². The van der Waals surface area contributed by atoms with Gasteiger partial charge in [-0.3, -0.25) is 9.63 Å². The molecule has 0 heterocycles. The Hall–Kier alpha value is -0.610. The van der Waals surface area contributed by atoms with Crippen LogP contribution in [0.5, 0.6) is 0 Å². The lowest BCUT2D eigenvalue weighted by Crippen LogP contribution is -2.31.